The van der Waals surface area contributed by atoms with E-state index in [1.165, 1.54) is 192 Å². The lowest BCUT2D eigenvalue weighted by Gasteiger charge is -2.32. The maximum Gasteiger partial charge on any atom is 0.0982 e. The van der Waals surface area contributed by atoms with Crippen molar-refractivity contribution in [1.29, 1.82) is 0 Å². The molecule has 1 aliphatic rings. The van der Waals surface area contributed by atoms with Gasteiger partial charge < -0.3 is 9.64 Å². The fourth-order valence-corrected chi connectivity index (χ4v) is 6.37. The van der Waals surface area contributed by atoms with Crippen LogP contribution in [0.2, 0.25) is 0 Å². The predicted molar refractivity (Wildman–Crippen MR) is 189 cm³/mol. The fraction of sp³-hybridized carbons (Fsp3) is 0.850. The lowest BCUT2D eigenvalue weighted by atomic mass is 9.95. The zero-order chi connectivity index (χ0) is 30.5. The normalized spacial score (nSPS) is 15.4. The highest BCUT2D eigenvalue weighted by Crippen LogP contribution is 2.27. The zero-order valence-corrected chi connectivity index (χ0v) is 29.1. The van der Waals surface area contributed by atoms with Crippen LogP contribution in [0.5, 0.6) is 0 Å². The minimum Gasteiger partial charge on any atom is -0.495 e. The molecule has 1 saturated heterocycles. The number of likely N-dealkylation sites (tertiary alicyclic amines) is 1. The summed E-state index contributed by atoms with van der Waals surface area (Å²) in [5.74, 6) is 1.65. The fourth-order valence-electron chi connectivity index (χ4n) is 6.37. The second-order valence-corrected chi connectivity index (χ2v) is 13.7. The van der Waals surface area contributed by atoms with Gasteiger partial charge in [0.2, 0.25) is 0 Å². The van der Waals surface area contributed by atoms with Gasteiger partial charge in [-0.25, -0.2) is 0 Å². The number of allylic oxidation sites excluding steroid dienone is 4. The van der Waals surface area contributed by atoms with E-state index in [1.807, 2.05) is 0 Å². The second kappa shape index (κ2) is 28.7. The molecule has 0 bridgehead atoms. The van der Waals surface area contributed by atoms with Crippen molar-refractivity contribution in [3.8, 4) is 0 Å². The van der Waals surface area contributed by atoms with Crippen LogP contribution in [-0.4, -0.2) is 31.1 Å². The second-order valence-electron chi connectivity index (χ2n) is 13.7. The third-order valence-corrected chi connectivity index (χ3v) is 9.47. The van der Waals surface area contributed by atoms with Gasteiger partial charge >= 0.3 is 0 Å². The average molecular weight is 586 g/mol. The number of nitrogens with zero attached hydrogens (tertiary/aromatic N) is 1. The highest BCUT2D eigenvalue weighted by molar-refractivity contribution is 4.95. The van der Waals surface area contributed by atoms with Gasteiger partial charge in [-0.3, -0.25) is 0 Å². The molecule has 1 aliphatic heterocycles. The summed E-state index contributed by atoms with van der Waals surface area (Å²) in [6.45, 7) is 15.7. The molecule has 0 aromatic heterocycles. The van der Waals surface area contributed by atoms with Crippen LogP contribution >= 0.6 is 0 Å². The summed E-state index contributed by atoms with van der Waals surface area (Å²) in [5, 5.41) is 0. The van der Waals surface area contributed by atoms with E-state index in [4.69, 9.17) is 4.74 Å². The van der Waals surface area contributed by atoms with Crippen molar-refractivity contribution in [1.82, 2.24) is 4.90 Å². The molecular weight excluding hydrogens is 510 g/mol. The van der Waals surface area contributed by atoms with E-state index in [0.29, 0.717) is 12.0 Å². The third kappa shape index (κ3) is 23.4. The molecule has 1 unspecified atom stereocenters. The number of hydrogen-bond acceptors (Lipinski definition) is 2. The lowest BCUT2D eigenvalue weighted by Crippen LogP contribution is -2.31. The van der Waals surface area contributed by atoms with E-state index < -0.39 is 0 Å². The lowest BCUT2D eigenvalue weighted by molar-refractivity contribution is 0.0628. The molecule has 1 fully saturated rings. The average Bonchev–Trinajstić information content (AvgIpc) is 2.99. The molecule has 0 saturated carbocycles. The molecule has 0 aromatic rings. The highest BCUT2D eigenvalue weighted by atomic mass is 16.5. The molecule has 1 heterocycles. The number of unbranched alkanes of at least 4 members (excludes halogenated alkanes) is 17. The van der Waals surface area contributed by atoms with Crippen molar-refractivity contribution in [2.75, 3.05) is 20.1 Å². The van der Waals surface area contributed by atoms with E-state index >= 15 is 0 Å². The molecule has 246 valence electrons. The molecule has 0 aliphatic carbocycles. The van der Waals surface area contributed by atoms with Crippen molar-refractivity contribution in [2.45, 2.75) is 193 Å². The van der Waals surface area contributed by atoms with Crippen LogP contribution in [0.25, 0.3) is 0 Å². The number of rotatable bonds is 30. The Morgan fingerprint density at radius 3 is 1.62 bits per heavy atom. The molecule has 0 spiro atoms. The molecular formula is C40H75NO. The Morgan fingerprint density at radius 2 is 1.07 bits per heavy atom. The van der Waals surface area contributed by atoms with Gasteiger partial charge in [0.05, 0.1) is 11.9 Å². The van der Waals surface area contributed by atoms with E-state index in [-0.39, 0.29) is 0 Å². The highest BCUT2D eigenvalue weighted by Gasteiger charge is 2.22. The predicted octanol–water partition coefficient (Wildman–Crippen LogP) is 13.1. The van der Waals surface area contributed by atoms with Crippen LogP contribution in [0, 0.1) is 5.92 Å². The maximum absolute atomic E-state index is 6.60. The van der Waals surface area contributed by atoms with Crippen molar-refractivity contribution in [2.24, 2.45) is 5.92 Å². The van der Waals surface area contributed by atoms with Crippen LogP contribution in [0.15, 0.2) is 36.6 Å². The first-order valence-corrected chi connectivity index (χ1v) is 18.9. The first-order chi connectivity index (χ1) is 20.6. The number of hydrogen-bond donors (Lipinski definition) is 0. The number of piperidine rings is 1. The van der Waals surface area contributed by atoms with Crippen LogP contribution in [0.1, 0.15) is 187 Å². The van der Waals surface area contributed by atoms with E-state index in [2.05, 4.69) is 51.1 Å². The molecule has 0 aromatic carbocycles. The molecule has 0 amide bonds. The van der Waals surface area contributed by atoms with Gasteiger partial charge in [-0.1, -0.05) is 128 Å². The van der Waals surface area contributed by atoms with Crippen LogP contribution in [0.3, 0.4) is 0 Å². The molecule has 2 heteroatoms. The Bertz CT molecular complexity index is 644. The number of ether oxygens (including phenoxy) is 1. The van der Waals surface area contributed by atoms with Crippen molar-refractivity contribution in [3.63, 3.8) is 0 Å². The molecule has 42 heavy (non-hydrogen) atoms. The van der Waals surface area contributed by atoms with E-state index in [1.54, 1.807) is 0 Å². The topological polar surface area (TPSA) is 12.5 Å². The minimum absolute atomic E-state index is 0.386. The van der Waals surface area contributed by atoms with Crippen molar-refractivity contribution >= 4 is 0 Å². The SMILES string of the molecule is C=C(CCCC/C=C\CCCCC)CCCCCCCCC(CCCCCCCCCC)OC(=C)C1CCN(C)CC1. The Kier molecular flexibility index (Phi) is 26.7. The third-order valence-electron chi connectivity index (χ3n) is 9.47. The van der Waals surface area contributed by atoms with Gasteiger partial charge in [-0.15, -0.1) is 0 Å². The van der Waals surface area contributed by atoms with E-state index in [9.17, 15) is 0 Å². The zero-order valence-electron chi connectivity index (χ0n) is 29.1. The van der Waals surface area contributed by atoms with Crippen molar-refractivity contribution in [3.05, 3.63) is 36.6 Å². The quantitative estimate of drug-likeness (QED) is 0.0472. The Balaban J connectivity index is 2.14. The van der Waals surface area contributed by atoms with Crippen LogP contribution in [0.4, 0.5) is 0 Å². The van der Waals surface area contributed by atoms with Gasteiger partial charge in [0.15, 0.2) is 0 Å². The summed E-state index contributed by atoms with van der Waals surface area (Å²) in [6.07, 6.45) is 40.9. The summed E-state index contributed by atoms with van der Waals surface area (Å²) in [5.41, 5.74) is 1.48. The monoisotopic (exact) mass is 586 g/mol. The van der Waals surface area contributed by atoms with Crippen LogP contribution in [-0.2, 0) is 4.74 Å². The van der Waals surface area contributed by atoms with Gasteiger partial charge in [0, 0.05) is 5.92 Å². The summed E-state index contributed by atoms with van der Waals surface area (Å²) < 4.78 is 6.60. The van der Waals surface area contributed by atoms with Gasteiger partial charge in [0.1, 0.15) is 0 Å². The van der Waals surface area contributed by atoms with Gasteiger partial charge in [0.25, 0.3) is 0 Å². The molecule has 0 radical (unpaired) electrons. The summed E-state index contributed by atoms with van der Waals surface area (Å²) in [6, 6.07) is 0. The first-order valence-electron chi connectivity index (χ1n) is 18.9. The van der Waals surface area contributed by atoms with Crippen molar-refractivity contribution < 1.29 is 4.74 Å². The van der Waals surface area contributed by atoms with Crippen LogP contribution < -0.4 is 0 Å². The summed E-state index contributed by atoms with van der Waals surface area (Å²) >= 11 is 0. The van der Waals surface area contributed by atoms with Gasteiger partial charge in [-0.05, 0) is 110 Å². The van der Waals surface area contributed by atoms with Gasteiger partial charge in [-0.2, -0.15) is 0 Å². The Morgan fingerprint density at radius 1 is 0.643 bits per heavy atom. The summed E-state index contributed by atoms with van der Waals surface area (Å²) in [7, 11) is 2.23. The maximum atomic E-state index is 6.60. The Labute approximate surface area is 265 Å². The molecule has 1 atom stereocenters. The smallest absolute Gasteiger partial charge is 0.0982 e. The molecule has 2 nitrogen and oxygen atoms in total. The largest absolute Gasteiger partial charge is 0.495 e. The summed E-state index contributed by atoms with van der Waals surface area (Å²) in [4.78, 5) is 2.44. The minimum atomic E-state index is 0.386. The Hall–Kier alpha value is -1.02. The standard InChI is InChI=1S/C40H75NO/c1-6-8-10-12-14-16-17-21-25-29-37(3)30-26-22-19-20-24-28-32-40(31-27-23-18-15-13-11-9-7-2)42-38(4)39-33-35-41(5)36-34-39/h14,16,39-40H,3-4,6-13,15,17-36H2,1-2,5H3/b16-14-. The van der Waals surface area contributed by atoms with E-state index in [0.717, 1.165) is 5.76 Å². The first kappa shape index (κ1) is 39.0. The molecule has 0 N–H and O–H groups in total. The molecule has 1 rings (SSSR count).